The number of amides is 2. The molecule has 0 spiro atoms. The Balaban J connectivity index is 1.61. The van der Waals surface area contributed by atoms with Crippen molar-refractivity contribution in [3.8, 4) is 5.75 Å². The summed E-state index contributed by atoms with van der Waals surface area (Å²) in [5.74, 6) is -0.333. The predicted molar refractivity (Wildman–Crippen MR) is 127 cm³/mol. The summed E-state index contributed by atoms with van der Waals surface area (Å²) in [6, 6.07) is 12.4. The number of rotatable bonds is 10. The number of aromatic nitrogens is 3. The minimum atomic E-state index is -1.07. The van der Waals surface area contributed by atoms with E-state index in [-0.39, 0.29) is 23.1 Å². The quantitative estimate of drug-likeness (QED) is 0.374. The van der Waals surface area contributed by atoms with Crippen LogP contribution in [0.5, 0.6) is 5.75 Å². The zero-order chi connectivity index (χ0) is 24.7. The van der Waals surface area contributed by atoms with E-state index in [1.54, 1.807) is 43.5 Å². The Morgan fingerprint density at radius 1 is 1.12 bits per heavy atom. The Bertz CT molecular complexity index is 1180. The van der Waals surface area contributed by atoms with E-state index in [1.165, 1.54) is 23.9 Å². The average molecular weight is 484 g/mol. The van der Waals surface area contributed by atoms with Crippen LogP contribution in [0.4, 0.5) is 5.69 Å². The highest BCUT2D eigenvalue weighted by Gasteiger charge is 2.20. The molecule has 1 heterocycles. The first-order chi connectivity index (χ1) is 16.3. The van der Waals surface area contributed by atoms with Crippen LogP contribution in [0.1, 0.15) is 46.4 Å². The Labute approximate surface area is 200 Å². The van der Waals surface area contributed by atoms with E-state index in [2.05, 4.69) is 20.8 Å². The van der Waals surface area contributed by atoms with E-state index in [1.807, 2.05) is 18.4 Å². The summed E-state index contributed by atoms with van der Waals surface area (Å²) in [6.45, 7) is 4.29. The highest BCUT2D eigenvalue weighted by molar-refractivity contribution is 7.99. The molecular formula is C23H25N5O5S. The van der Waals surface area contributed by atoms with E-state index >= 15 is 0 Å². The van der Waals surface area contributed by atoms with Gasteiger partial charge in [-0.3, -0.25) is 9.59 Å². The van der Waals surface area contributed by atoms with E-state index in [0.29, 0.717) is 34.5 Å². The first-order valence-electron chi connectivity index (χ1n) is 10.5. The van der Waals surface area contributed by atoms with Gasteiger partial charge in [-0.05, 0) is 56.3 Å². The number of nitrogens with one attached hydrogen (secondary N) is 2. The molecule has 0 aliphatic carbocycles. The number of carbonyl (C=O) groups is 3. The lowest BCUT2D eigenvalue weighted by molar-refractivity contribution is -0.113. The molecule has 178 valence electrons. The summed E-state index contributed by atoms with van der Waals surface area (Å²) in [5, 5.41) is 23.6. The number of aromatic carboxylic acids is 1. The summed E-state index contributed by atoms with van der Waals surface area (Å²) in [4.78, 5) is 36.0. The lowest BCUT2D eigenvalue weighted by Crippen LogP contribution is -2.28. The van der Waals surface area contributed by atoms with Gasteiger partial charge in [0.15, 0.2) is 11.0 Å². The lowest BCUT2D eigenvalue weighted by Gasteiger charge is -2.15. The highest BCUT2D eigenvalue weighted by Crippen LogP contribution is 2.22. The average Bonchev–Trinajstić information content (AvgIpc) is 3.26. The van der Waals surface area contributed by atoms with Gasteiger partial charge in [0.2, 0.25) is 5.91 Å². The van der Waals surface area contributed by atoms with E-state index in [0.717, 1.165) is 0 Å². The van der Waals surface area contributed by atoms with Gasteiger partial charge >= 0.3 is 5.97 Å². The first kappa shape index (κ1) is 24.8. The second-order valence-electron chi connectivity index (χ2n) is 7.23. The van der Waals surface area contributed by atoms with Crippen molar-refractivity contribution in [3.63, 3.8) is 0 Å². The van der Waals surface area contributed by atoms with Crippen molar-refractivity contribution in [2.75, 3.05) is 18.2 Å². The van der Waals surface area contributed by atoms with Crippen LogP contribution in [-0.2, 0) is 11.3 Å². The van der Waals surface area contributed by atoms with Gasteiger partial charge in [-0.15, -0.1) is 10.2 Å². The van der Waals surface area contributed by atoms with Crippen LogP contribution in [0, 0.1) is 0 Å². The number of hydrogen-bond acceptors (Lipinski definition) is 7. The summed E-state index contributed by atoms with van der Waals surface area (Å²) < 4.78 is 6.95. The largest absolute Gasteiger partial charge is 0.497 e. The Kier molecular flexibility index (Phi) is 8.25. The maximum absolute atomic E-state index is 12.6. The smallest absolute Gasteiger partial charge is 0.335 e. The van der Waals surface area contributed by atoms with Crippen molar-refractivity contribution in [2.24, 2.45) is 0 Å². The summed E-state index contributed by atoms with van der Waals surface area (Å²) in [6.07, 6.45) is 0. The number of carbonyl (C=O) groups excluding carboxylic acids is 2. The van der Waals surface area contributed by atoms with E-state index in [4.69, 9.17) is 9.84 Å². The fourth-order valence-electron chi connectivity index (χ4n) is 3.17. The predicted octanol–water partition coefficient (Wildman–Crippen LogP) is 3.23. The molecule has 1 atom stereocenters. The molecule has 0 saturated heterocycles. The second-order valence-corrected chi connectivity index (χ2v) is 8.17. The van der Waals surface area contributed by atoms with Crippen molar-refractivity contribution < 1.29 is 24.2 Å². The molecule has 3 aromatic rings. The number of ether oxygens (including phenoxy) is 1. The minimum absolute atomic E-state index is 0.0576. The monoisotopic (exact) mass is 483 g/mol. The van der Waals surface area contributed by atoms with Gasteiger partial charge in [0.05, 0.1) is 24.5 Å². The van der Waals surface area contributed by atoms with E-state index < -0.39 is 12.0 Å². The number of carboxylic acids is 1. The zero-order valence-electron chi connectivity index (χ0n) is 18.9. The molecule has 3 N–H and O–H groups in total. The van der Waals surface area contributed by atoms with Gasteiger partial charge in [-0.2, -0.15) is 0 Å². The molecule has 1 unspecified atom stereocenters. The number of anilines is 1. The standard InChI is InChI=1S/C23H25N5O5S/c1-4-28-20(14(2)24-21(30)15-8-10-18(33-3)11-9-15)26-27-23(28)34-13-19(29)25-17-7-5-6-16(12-17)22(31)32/h5-12,14H,4,13H2,1-3H3,(H,24,30)(H,25,29)(H,31,32). The normalized spacial score (nSPS) is 11.5. The fourth-order valence-corrected chi connectivity index (χ4v) is 3.98. The Morgan fingerprint density at radius 2 is 1.85 bits per heavy atom. The molecule has 34 heavy (non-hydrogen) atoms. The molecule has 0 aliphatic rings. The summed E-state index contributed by atoms with van der Waals surface area (Å²) in [7, 11) is 1.56. The molecule has 2 aromatic carbocycles. The molecule has 0 bridgehead atoms. The van der Waals surface area contributed by atoms with Gasteiger partial charge in [0.25, 0.3) is 5.91 Å². The Hall–Kier alpha value is -3.86. The molecule has 3 rings (SSSR count). The first-order valence-corrected chi connectivity index (χ1v) is 11.4. The van der Waals surface area contributed by atoms with Crippen LogP contribution < -0.4 is 15.4 Å². The number of hydrogen-bond donors (Lipinski definition) is 3. The minimum Gasteiger partial charge on any atom is -0.497 e. The molecule has 1 aromatic heterocycles. The molecule has 0 aliphatic heterocycles. The van der Waals surface area contributed by atoms with Gasteiger partial charge in [-0.25, -0.2) is 4.79 Å². The summed E-state index contributed by atoms with van der Waals surface area (Å²) in [5.41, 5.74) is 0.984. The third-order valence-corrected chi connectivity index (χ3v) is 5.84. The SMILES string of the molecule is CCn1c(SCC(=O)Nc2cccc(C(=O)O)c2)nnc1C(C)NC(=O)c1ccc(OC)cc1. The molecule has 0 saturated carbocycles. The van der Waals surface area contributed by atoms with Crippen molar-refractivity contribution >= 4 is 35.2 Å². The van der Waals surface area contributed by atoms with Crippen LogP contribution in [0.2, 0.25) is 0 Å². The van der Waals surface area contributed by atoms with Crippen LogP contribution in [-0.4, -0.2) is 50.5 Å². The molecule has 11 heteroatoms. The van der Waals surface area contributed by atoms with Crippen molar-refractivity contribution in [2.45, 2.75) is 31.6 Å². The second kappa shape index (κ2) is 11.3. The fraction of sp³-hybridized carbons (Fsp3) is 0.261. The lowest BCUT2D eigenvalue weighted by atomic mass is 10.2. The van der Waals surface area contributed by atoms with Crippen LogP contribution in [0.3, 0.4) is 0 Å². The van der Waals surface area contributed by atoms with Crippen molar-refractivity contribution in [1.29, 1.82) is 0 Å². The number of nitrogens with zero attached hydrogens (tertiary/aromatic N) is 3. The number of benzene rings is 2. The van der Waals surface area contributed by atoms with Crippen molar-refractivity contribution in [1.82, 2.24) is 20.1 Å². The topological polar surface area (TPSA) is 135 Å². The maximum Gasteiger partial charge on any atom is 0.335 e. The van der Waals surface area contributed by atoms with Gasteiger partial charge in [0.1, 0.15) is 5.75 Å². The third kappa shape index (κ3) is 6.13. The molecule has 2 amide bonds. The highest BCUT2D eigenvalue weighted by atomic mass is 32.2. The van der Waals surface area contributed by atoms with Crippen LogP contribution >= 0.6 is 11.8 Å². The maximum atomic E-state index is 12.6. The molecule has 0 fully saturated rings. The number of thioether (sulfide) groups is 1. The van der Waals surface area contributed by atoms with Gasteiger partial charge < -0.3 is 25.0 Å². The third-order valence-electron chi connectivity index (χ3n) is 4.87. The van der Waals surface area contributed by atoms with E-state index in [9.17, 15) is 14.4 Å². The summed E-state index contributed by atoms with van der Waals surface area (Å²) >= 11 is 1.20. The molecular weight excluding hydrogens is 458 g/mol. The van der Waals surface area contributed by atoms with Crippen LogP contribution in [0.15, 0.2) is 53.7 Å². The Morgan fingerprint density at radius 3 is 2.50 bits per heavy atom. The zero-order valence-corrected chi connectivity index (χ0v) is 19.8. The molecule has 10 nitrogen and oxygen atoms in total. The molecule has 0 radical (unpaired) electrons. The van der Waals surface area contributed by atoms with Crippen molar-refractivity contribution in [3.05, 3.63) is 65.5 Å². The number of methoxy groups -OCH3 is 1. The van der Waals surface area contributed by atoms with Gasteiger partial charge in [-0.1, -0.05) is 17.8 Å². The van der Waals surface area contributed by atoms with Crippen LogP contribution in [0.25, 0.3) is 0 Å². The van der Waals surface area contributed by atoms with Gasteiger partial charge in [0, 0.05) is 17.8 Å². The number of carboxylic acid groups (broad SMARTS) is 1.